The maximum absolute atomic E-state index is 13.5. The van der Waals surface area contributed by atoms with Crippen molar-refractivity contribution in [3.8, 4) is 17.1 Å². The van der Waals surface area contributed by atoms with Gasteiger partial charge in [-0.1, -0.05) is 11.6 Å². The van der Waals surface area contributed by atoms with E-state index < -0.39 is 0 Å². The molecule has 0 saturated carbocycles. The number of rotatable bonds is 5. The van der Waals surface area contributed by atoms with Crippen LogP contribution in [-0.4, -0.2) is 73.1 Å². The van der Waals surface area contributed by atoms with E-state index in [-0.39, 0.29) is 23.9 Å². The third-order valence-corrected chi connectivity index (χ3v) is 5.69. The number of fused-ring (bicyclic) bond motifs is 1. The van der Waals surface area contributed by atoms with Crippen LogP contribution in [0.15, 0.2) is 51.7 Å². The van der Waals surface area contributed by atoms with Gasteiger partial charge in [-0.25, -0.2) is 0 Å². The molecule has 1 fully saturated rings. The zero-order valence-electron chi connectivity index (χ0n) is 20.6. The first-order valence-electron chi connectivity index (χ1n) is 11.9. The van der Waals surface area contributed by atoms with Crippen LogP contribution >= 0.6 is 0 Å². The standard InChI is InChI=1S/C27H33NO7/c1-19-4-9-24-23(16-19)25(29)27(26(35-24)20-5-7-21(8-6-20)28(2)3)34-18-22-17-32-13-12-30-10-11-31-14-15-33-22/h4-9,16,22H,10-15,17-18H2,1-3H3. The summed E-state index contributed by atoms with van der Waals surface area (Å²) in [5.74, 6) is 0.553. The molecule has 0 bridgehead atoms. The third kappa shape index (κ3) is 6.61. The van der Waals surface area contributed by atoms with E-state index in [1.54, 1.807) is 0 Å². The summed E-state index contributed by atoms with van der Waals surface area (Å²) in [6, 6.07) is 13.4. The van der Waals surface area contributed by atoms with Crippen LogP contribution in [0.2, 0.25) is 0 Å². The highest BCUT2D eigenvalue weighted by Gasteiger charge is 2.20. The Balaban J connectivity index is 1.63. The molecule has 0 spiro atoms. The van der Waals surface area contributed by atoms with E-state index in [4.69, 9.17) is 28.1 Å². The molecule has 1 aliphatic rings. The SMILES string of the molecule is Cc1ccc2oc(-c3ccc(N(C)C)cc3)c(OCC3COCCOCCOCCO3)c(=O)c2c1. The number of aryl methyl sites for hydroxylation is 1. The quantitative estimate of drug-likeness (QED) is 0.544. The van der Waals surface area contributed by atoms with Gasteiger partial charge in [-0.2, -0.15) is 0 Å². The van der Waals surface area contributed by atoms with Gasteiger partial charge in [-0.05, 0) is 43.3 Å². The van der Waals surface area contributed by atoms with Crippen LogP contribution in [0.5, 0.6) is 5.75 Å². The second-order valence-corrected chi connectivity index (χ2v) is 8.63. The van der Waals surface area contributed by atoms with Crippen molar-refractivity contribution < 1.29 is 28.1 Å². The summed E-state index contributed by atoms with van der Waals surface area (Å²) in [4.78, 5) is 15.5. The first kappa shape index (κ1) is 25.2. The Kier molecular flexibility index (Phi) is 8.76. The summed E-state index contributed by atoms with van der Waals surface area (Å²) in [6.45, 7) is 5.19. The largest absolute Gasteiger partial charge is 0.483 e. The Bertz CT molecular complexity index is 1140. The van der Waals surface area contributed by atoms with Gasteiger partial charge in [-0.3, -0.25) is 4.79 Å². The first-order valence-corrected chi connectivity index (χ1v) is 11.9. The molecule has 1 aromatic heterocycles. The van der Waals surface area contributed by atoms with Crippen molar-refractivity contribution in [2.75, 3.05) is 71.9 Å². The molecule has 4 rings (SSSR count). The van der Waals surface area contributed by atoms with Gasteiger partial charge in [-0.15, -0.1) is 0 Å². The molecule has 35 heavy (non-hydrogen) atoms. The van der Waals surface area contributed by atoms with Crippen molar-refractivity contribution in [1.29, 1.82) is 0 Å². The molecule has 2 heterocycles. The predicted molar refractivity (Wildman–Crippen MR) is 135 cm³/mol. The fourth-order valence-corrected chi connectivity index (χ4v) is 3.77. The molecule has 3 aromatic rings. The molecule has 2 aromatic carbocycles. The Morgan fingerprint density at radius 3 is 2.31 bits per heavy atom. The van der Waals surface area contributed by atoms with E-state index in [9.17, 15) is 4.79 Å². The fraction of sp³-hybridized carbons (Fsp3) is 0.444. The summed E-state index contributed by atoms with van der Waals surface area (Å²) < 4.78 is 34.9. The Morgan fingerprint density at radius 2 is 1.60 bits per heavy atom. The number of ether oxygens (including phenoxy) is 5. The van der Waals surface area contributed by atoms with E-state index in [0.29, 0.717) is 63.0 Å². The minimum absolute atomic E-state index is 0.131. The summed E-state index contributed by atoms with van der Waals surface area (Å²) in [7, 11) is 3.95. The Morgan fingerprint density at radius 1 is 0.914 bits per heavy atom. The van der Waals surface area contributed by atoms with Crippen LogP contribution in [0.3, 0.4) is 0 Å². The van der Waals surface area contributed by atoms with Crippen LogP contribution in [0.25, 0.3) is 22.3 Å². The first-order chi connectivity index (χ1) is 17.0. The summed E-state index contributed by atoms with van der Waals surface area (Å²) in [5.41, 5.74) is 3.07. The van der Waals surface area contributed by atoms with Crippen LogP contribution in [0.4, 0.5) is 5.69 Å². The van der Waals surface area contributed by atoms with E-state index in [1.807, 2.05) is 68.4 Å². The van der Waals surface area contributed by atoms with E-state index in [2.05, 4.69) is 0 Å². The molecule has 8 heteroatoms. The van der Waals surface area contributed by atoms with Crippen molar-refractivity contribution >= 4 is 16.7 Å². The third-order valence-electron chi connectivity index (χ3n) is 5.69. The van der Waals surface area contributed by atoms with Gasteiger partial charge < -0.3 is 33.0 Å². The van der Waals surface area contributed by atoms with Gasteiger partial charge in [0.25, 0.3) is 0 Å². The molecule has 1 aliphatic heterocycles. The molecule has 1 atom stereocenters. The average Bonchev–Trinajstić information content (AvgIpc) is 2.85. The van der Waals surface area contributed by atoms with Gasteiger partial charge in [0.05, 0.1) is 51.6 Å². The lowest BCUT2D eigenvalue weighted by Gasteiger charge is -2.20. The van der Waals surface area contributed by atoms with Crippen molar-refractivity contribution in [2.45, 2.75) is 13.0 Å². The number of benzene rings is 2. The number of hydrogen-bond donors (Lipinski definition) is 0. The highest BCUT2D eigenvalue weighted by molar-refractivity contribution is 5.82. The number of anilines is 1. The van der Waals surface area contributed by atoms with Crippen molar-refractivity contribution in [1.82, 2.24) is 0 Å². The lowest BCUT2D eigenvalue weighted by atomic mass is 10.1. The molecular formula is C27H33NO7. The highest BCUT2D eigenvalue weighted by atomic mass is 16.6. The van der Waals surface area contributed by atoms with Crippen LogP contribution in [0.1, 0.15) is 5.56 Å². The van der Waals surface area contributed by atoms with E-state index in [1.165, 1.54) is 0 Å². The van der Waals surface area contributed by atoms with Gasteiger partial charge in [0.2, 0.25) is 11.2 Å². The normalized spacial score (nSPS) is 18.0. The number of nitrogens with zero attached hydrogens (tertiary/aromatic N) is 1. The van der Waals surface area contributed by atoms with E-state index in [0.717, 1.165) is 16.8 Å². The van der Waals surface area contributed by atoms with Crippen LogP contribution < -0.4 is 15.1 Å². The van der Waals surface area contributed by atoms with Crippen LogP contribution in [-0.2, 0) is 18.9 Å². The molecule has 0 radical (unpaired) electrons. The van der Waals surface area contributed by atoms with Gasteiger partial charge >= 0.3 is 0 Å². The smallest absolute Gasteiger partial charge is 0.235 e. The summed E-state index contributed by atoms with van der Waals surface area (Å²) in [6.07, 6.45) is -0.380. The second-order valence-electron chi connectivity index (χ2n) is 8.63. The van der Waals surface area contributed by atoms with Gasteiger partial charge in [0.1, 0.15) is 18.3 Å². The maximum atomic E-state index is 13.5. The number of hydrogen-bond acceptors (Lipinski definition) is 8. The van der Waals surface area contributed by atoms with Gasteiger partial charge in [0, 0.05) is 25.3 Å². The fourth-order valence-electron chi connectivity index (χ4n) is 3.77. The topological polar surface area (TPSA) is 79.6 Å². The van der Waals surface area contributed by atoms with Crippen LogP contribution in [0, 0.1) is 6.92 Å². The van der Waals surface area contributed by atoms with Crippen molar-refractivity contribution in [3.63, 3.8) is 0 Å². The Hall–Kier alpha value is -2.91. The van der Waals surface area contributed by atoms with Crippen molar-refractivity contribution in [3.05, 3.63) is 58.3 Å². The molecule has 0 amide bonds. The average molecular weight is 484 g/mol. The molecule has 1 unspecified atom stereocenters. The predicted octanol–water partition coefficient (Wildman–Crippen LogP) is 3.66. The molecule has 0 N–H and O–H groups in total. The van der Waals surface area contributed by atoms with Crippen molar-refractivity contribution in [2.24, 2.45) is 0 Å². The summed E-state index contributed by atoms with van der Waals surface area (Å²) in [5, 5.41) is 0.482. The second kappa shape index (κ2) is 12.2. The monoisotopic (exact) mass is 483 g/mol. The zero-order chi connectivity index (χ0) is 24.6. The van der Waals surface area contributed by atoms with E-state index >= 15 is 0 Å². The maximum Gasteiger partial charge on any atom is 0.235 e. The molecule has 8 nitrogen and oxygen atoms in total. The minimum atomic E-state index is -0.380. The molecule has 188 valence electrons. The lowest BCUT2D eigenvalue weighted by Crippen LogP contribution is -2.31. The molecule has 1 saturated heterocycles. The Labute approximate surface area is 205 Å². The minimum Gasteiger partial charge on any atom is -0.483 e. The molecule has 0 aliphatic carbocycles. The lowest BCUT2D eigenvalue weighted by molar-refractivity contribution is -0.0774. The zero-order valence-corrected chi connectivity index (χ0v) is 20.6. The van der Waals surface area contributed by atoms with Gasteiger partial charge in [0.15, 0.2) is 5.76 Å². The highest BCUT2D eigenvalue weighted by Crippen LogP contribution is 2.32. The molecular weight excluding hydrogens is 450 g/mol. The summed E-state index contributed by atoms with van der Waals surface area (Å²) >= 11 is 0.